The fourth-order valence-corrected chi connectivity index (χ4v) is 3.10. The average molecular weight is 285 g/mol. The number of halogens is 3. The minimum Gasteiger partial charge on any atom is -0.307 e. The Morgan fingerprint density at radius 2 is 1.70 bits per heavy atom. The molecule has 0 amide bonds. The molecule has 0 radical (unpaired) electrons. The second-order valence-electron chi connectivity index (χ2n) is 5.84. The summed E-state index contributed by atoms with van der Waals surface area (Å²) in [5, 5.41) is 3.48. The maximum atomic E-state index is 12.6. The van der Waals surface area contributed by atoms with Gasteiger partial charge in [-0.3, -0.25) is 0 Å². The third-order valence-electron chi connectivity index (χ3n) is 4.33. The van der Waals surface area contributed by atoms with Crippen molar-refractivity contribution in [3.63, 3.8) is 0 Å². The van der Waals surface area contributed by atoms with Gasteiger partial charge < -0.3 is 5.32 Å². The van der Waals surface area contributed by atoms with Gasteiger partial charge in [0.1, 0.15) is 0 Å². The fraction of sp³-hybridized carbons (Fsp3) is 0.625. The summed E-state index contributed by atoms with van der Waals surface area (Å²) in [4.78, 5) is 0. The Hall–Kier alpha value is -1.03. The van der Waals surface area contributed by atoms with Crippen molar-refractivity contribution in [2.45, 2.75) is 57.8 Å². The Morgan fingerprint density at radius 1 is 1.10 bits per heavy atom. The van der Waals surface area contributed by atoms with E-state index in [1.54, 1.807) is 0 Å². The molecule has 0 saturated heterocycles. The second-order valence-corrected chi connectivity index (χ2v) is 5.84. The van der Waals surface area contributed by atoms with Crippen LogP contribution < -0.4 is 5.32 Å². The van der Waals surface area contributed by atoms with E-state index in [0.29, 0.717) is 12.8 Å². The molecule has 20 heavy (non-hydrogen) atoms. The minimum absolute atomic E-state index is 0.184. The second kappa shape index (κ2) is 6.17. The maximum absolute atomic E-state index is 12.6. The van der Waals surface area contributed by atoms with Gasteiger partial charge in [0.15, 0.2) is 0 Å². The highest BCUT2D eigenvalue weighted by atomic mass is 19.4. The standard InChI is InChI=1S/C16H22F3N/c1-11-5-3-4-6-15(11)12(2)20-14-9-7-13(8-10-14)16(17,18)19/h3-6,12-14,20H,7-10H2,1-2H3/t12-,13?,14?/m1/s1. The van der Waals surface area contributed by atoms with E-state index in [2.05, 4.69) is 31.3 Å². The average Bonchev–Trinajstić information content (AvgIpc) is 2.38. The molecular weight excluding hydrogens is 263 g/mol. The van der Waals surface area contributed by atoms with Crippen LogP contribution in [0.4, 0.5) is 13.2 Å². The van der Waals surface area contributed by atoms with Crippen molar-refractivity contribution in [2.24, 2.45) is 5.92 Å². The third kappa shape index (κ3) is 3.75. The Kier molecular flexibility index (Phi) is 4.74. The van der Waals surface area contributed by atoms with Gasteiger partial charge in [-0.2, -0.15) is 13.2 Å². The molecular formula is C16H22F3N. The van der Waals surface area contributed by atoms with Gasteiger partial charge in [-0.25, -0.2) is 0 Å². The smallest absolute Gasteiger partial charge is 0.307 e. The lowest BCUT2D eigenvalue weighted by atomic mass is 9.85. The van der Waals surface area contributed by atoms with Crippen LogP contribution in [0.15, 0.2) is 24.3 Å². The van der Waals surface area contributed by atoms with E-state index < -0.39 is 12.1 Å². The zero-order valence-electron chi connectivity index (χ0n) is 12.0. The van der Waals surface area contributed by atoms with Gasteiger partial charge in [-0.15, -0.1) is 0 Å². The van der Waals surface area contributed by atoms with Crippen LogP contribution in [0.25, 0.3) is 0 Å². The Balaban J connectivity index is 1.88. The van der Waals surface area contributed by atoms with Crippen LogP contribution in [0.3, 0.4) is 0 Å². The number of benzene rings is 1. The first kappa shape index (κ1) is 15.4. The Labute approximate surface area is 118 Å². The van der Waals surface area contributed by atoms with Crippen LogP contribution in [0.1, 0.15) is 49.8 Å². The molecule has 1 N–H and O–H groups in total. The number of hydrogen-bond donors (Lipinski definition) is 1. The molecule has 1 saturated carbocycles. The monoisotopic (exact) mass is 285 g/mol. The molecule has 1 atom stereocenters. The molecule has 1 aromatic rings. The van der Waals surface area contributed by atoms with Crippen molar-refractivity contribution in [3.05, 3.63) is 35.4 Å². The van der Waals surface area contributed by atoms with Gasteiger partial charge in [0.2, 0.25) is 0 Å². The first-order chi connectivity index (χ1) is 9.38. The van der Waals surface area contributed by atoms with Gasteiger partial charge in [-0.1, -0.05) is 24.3 Å². The van der Waals surface area contributed by atoms with Crippen molar-refractivity contribution < 1.29 is 13.2 Å². The molecule has 0 heterocycles. The van der Waals surface area contributed by atoms with Gasteiger partial charge >= 0.3 is 6.18 Å². The summed E-state index contributed by atoms with van der Waals surface area (Å²) < 4.78 is 37.9. The molecule has 0 aromatic heterocycles. The van der Waals surface area contributed by atoms with Crippen LogP contribution >= 0.6 is 0 Å². The van der Waals surface area contributed by atoms with Gasteiger partial charge in [0, 0.05) is 12.1 Å². The minimum atomic E-state index is -4.02. The summed E-state index contributed by atoms with van der Waals surface area (Å²) in [6.45, 7) is 4.15. The predicted molar refractivity (Wildman–Crippen MR) is 74.5 cm³/mol. The quantitative estimate of drug-likeness (QED) is 0.843. The van der Waals surface area contributed by atoms with Gasteiger partial charge in [-0.05, 0) is 50.7 Å². The molecule has 0 unspecified atom stereocenters. The molecule has 0 spiro atoms. The normalized spacial score (nSPS) is 25.4. The zero-order valence-corrected chi connectivity index (χ0v) is 12.0. The van der Waals surface area contributed by atoms with Crippen LogP contribution in [0, 0.1) is 12.8 Å². The molecule has 4 heteroatoms. The lowest BCUT2D eigenvalue weighted by Gasteiger charge is -2.32. The third-order valence-corrected chi connectivity index (χ3v) is 4.33. The van der Waals surface area contributed by atoms with Crippen LogP contribution in [0.5, 0.6) is 0 Å². The summed E-state index contributed by atoms with van der Waals surface area (Å²) in [7, 11) is 0. The van der Waals surface area contributed by atoms with Crippen molar-refractivity contribution in [3.8, 4) is 0 Å². The summed E-state index contributed by atoms with van der Waals surface area (Å²) in [5.74, 6) is -1.10. The predicted octanol–water partition coefficient (Wildman–Crippen LogP) is 4.77. The molecule has 1 aliphatic carbocycles. The number of nitrogens with one attached hydrogen (secondary N) is 1. The van der Waals surface area contributed by atoms with Crippen molar-refractivity contribution >= 4 is 0 Å². The highest BCUT2D eigenvalue weighted by molar-refractivity contribution is 5.28. The van der Waals surface area contributed by atoms with E-state index in [0.717, 1.165) is 0 Å². The summed E-state index contributed by atoms with van der Waals surface area (Å²) in [6, 6.07) is 8.52. The first-order valence-corrected chi connectivity index (χ1v) is 7.26. The zero-order chi connectivity index (χ0) is 14.8. The van der Waals surface area contributed by atoms with Crippen molar-refractivity contribution in [2.75, 3.05) is 0 Å². The molecule has 1 aliphatic rings. The van der Waals surface area contributed by atoms with Crippen LogP contribution in [-0.2, 0) is 0 Å². The van der Waals surface area contributed by atoms with E-state index in [1.165, 1.54) is 11.1 Å². The molecule has 1 fully saturated rings. The van der Waals surface area contributed by atoms with E-state index in [4.69, 9.17) is 0 Å². The maximum Gasteiger partial charge on any atom is 0.391 e. The number of rotatable bonds is 3. The first-order valence-electron chi connectivity index (χ1n) is 7.26. The number of hydrogen-bond acceptors (Lipinski definition) is 1. The van der Waals surface area contributed by atoms with E-state index >= 15 is 0 Å². The Morgan fingerprint density at radius 3 is 2.25 bits per heavy atom. The Bertz CT molecular complexity index is 434. The fourth-order valence-electron chi connectivity index (χ4n) is 3.10. The van der Waals surface area contributed by atoms with Crippen molar-refractivity contribution in [1.82, 2.24) is 5.32 Å². The summed E-state index contributed by atoms with van der Waals surface area (Å²) >= 11 is 0. The number of aryl methyl sites for hydroxylation is 1. The molecule has 0 aliphatic heterocycles. The van der Waals surface area contributed by atoms with Crippen molar-refractivity contribution in [1.29, 1.82) is 0 Å². The van der Waals surface area contributed by atoms with E-state index in [1.807, 2.05) is 12.1 Å². The summed E-state index contributed by atoms with van der Waals surface area (Å²) in [5.41, 5.74) is 2.45. The molecule has 0 bridgehead atoms. The topological polar surface area (TPSA) is 12.0 Å². The van der Waals surface area contributed by atoms with Crippen LogP contribution in [0.2, 0.25) is 0 Å². The molecule has 1 aromatic carbocycles. The van der Waals surface area contributed by atoms with E-state index in [9.17, 15) is 13.2 Å². The lowest BCUT2D eigenvalue weighted by Crippen LogP contribution is -2.38. The number of alkyl halides is 3. The molecule has 2 rings (SSSR count). The highest BCUT2D eigenvalue weighted by Crippen LogP contribution is 2.37. The lowest BCUT2D eigenvalue weighted by molar-refractivity contribution is -0.182. The largest absolute Gasteiger partial charge is 0.391 e. The van der Waals surface area contributed by atoms with Gasteiger partial charge in [0.25, 0.3) is 0 Å². The van der Waals surface area contributed by atoms with E-state index in [-0.39, 0.29) is 24.9 Å². The molecule has 1 nitrogen and oxygen atoms in total. The van der Waals surface area contributed by atoms with Gasteiger partial charge in [0.05, 0.1) is 5.92 Å². The summed E-state index contributed by atoms with van der Waals surface area (Å²) in [6.07, 6.45) is -2.29. The SMILES string of the molecule is Cc1ccccc1[C@@H](C)NC1CCC(C(F)(F)F)CC1. The van der Waals surface area contributed by atoms with Crippen LogP contribution in [-0.4, -0.2) is 12.2 Å². The highest BCUT2D eigenvalue weighted by Gasteiger charge is 2.41. The molecule has 112 valence electrons.